The van der Waals surface area contributed by atoms with Gasteiger partial charge >= 0.3 is 0 Å². The topological polar surface area (TPSA) is 138 Å². The fraction of sp³-hybridized carbons (Fsp3) is 0.667. The summed E-state index contributed by atoms with van der Waals surface area (Å²) in [6.07, 6.45) is 1.63. The van der Waals surface area contributed by atoms with E-state index in [0.717, 1.165) is 19.3 Å². The number of nitrogen functional groups attached to an aromatic ring is 1. The van der Waals surface area contributed by atoms with E-state index < -0.39 is 24.5 Å². The maximum atomic E-state index is 10.4. The van der Waals surface area contributed by atoms with Gasteiger partial charge in [-0.25, -0.2) is 15.0 Å². The average Bonchev–Trinajstić information content (AvgIpc) is 3.18. The molecular weight excluding hydrogens is 330 g/mol. The second-order valence-corrected chi connectivity index (χ2v) is 6.26. The van der Waals surface area contributed by atoms with Crippen LogP contribution >= 0.6 is 0 Å². The second-order valence-electron chi connectivity index (χ2n) is 6.26. The molecular formula is C15H21N5O5. The Morgan fingerprint density at radius 2 is 2.12 bits per heavy atom. The quantitative estimate of drug-likeness (QED) is 0.670. The van der Waals surface area contributed by atoms with Gasteiger partial charge in [-0.2, -0.15) is 0 Å². The molecule has 2 fully saturated rings. The van der Waals surface area contributed by atoms with Gasteiger partial charge in [-0.1, -0.05) is 0 Å². The molecule has 4 heterocycles. The Kier molecular flexibility index (Phi) is 4.52. The third-order valence-electron chi connectivity index (χ3n) is 4.58. The number of rotatable bonds is 4. The number of aromatic nitrogens is 4. The summed E-state index contributed by atoms with van der Waals surface area (Å²) in [5.41, 5.74) is 6.63. The van der Waals surface area contributed by atoms with E-state index in [0.29, 0.717) is 17.8 Å². The summed E-state index contributed by atoms with van der Waals surface area (Å²) in [6.45, 7) is 0.801. The molecule has 5 atom stereocenters. The van der Waals surface area contributed by atoms with Gasteiger partial charge in [0.1, 0.15) is 30.2 Å². The highest BCUT2D eigenvalue weighted by Gasteiger charge is 2.44. The summed E-state index contributed by atoms with van der Waals surface area (Å²) < 4.78 is 18.5. The molecule has 4 N–H and O–H groups in total. The molecule has 10 heteroatoms. The molecule has 2 aromatic heterocycles. The Balaban J connectivity index is 1.48. The monoisotopic (exact) mass is 351 g/mol. The molecule has 1 unspecified atom stereocenters. The van der Waals surface area contributed by atoms with Gasteiger partial charge in [0.2, 0.25) is 0 Å². The van der Waals surface area contributed by atoms with Crippen LogP contribution in [0.25, 0.3) is 11.2 Å². The van der Waals surface area contributed by atoms with Crippen LogP contribution in [-0.4, -0.2) is 67.5 Å². The highest BCUT2D eigenvalue weighted by Crippen LogP contribution is 2.32. The van der Waals surface area contributed by atoms with Gasteiger partial charge < -0.3 is 30.2 Å². The molecule has 0 aromatic carbocycles. The number of hydrogen-bond acceptors (Lipinski definition) is 9. The number of ether oxygens (including phenoxy) is 3. The maximum absolute atomic E-state index is 10.4. The molecule has 0 aliphatic carbocycles. The van der Waals surface area contributed by atoms with Gasteiger partial charge in [0.15, 0.2) is 24.0 Å². The first-order chi connectivity index (χ1) is 12.1. The number of aliphatic hydroxyl groups is 2. The van der Waals surface area contributed by atoms with Crippen molar-refractivity contribution >= 4 is 17.0 Å². The van der Waals surface area contributed by atoms with E-state index in [1.165, 1.54) is 12.7 Å². The van der Waals surface area contributed by atoms with Crippen molar-refractivity contribution in [2.45, 2.75) is 50.1 Å². The molecule has 2 saturated heterocycles. The third-order valence-corrected chi connectivity index (χ3v) is 4.58. The summed E-state index contributed by atoms with van der Waals surface area (Å²) in [7, 11) is 0. The van der Waals surface area contributed by atoms with Gasteiger partial charge in [-0.15, -0.1) is 0 Å². The van der Waals surface area contributed by atoms with Gasteiger partial charge in [-0.3, -0.25) is 4.57 Å². The molecule has 10 nitrogen and oxygen atoms in total. The molecule has 0 spiro atoms. The molecule has 2 aromatic rings. The van der Waals surface area contributed by atoms with Crippen LogP contribution in [0.4, 0.5) is 5.82 Å². The Morgan fingerprint density at radius 1 is 1.24 bits per heavy atom. The van der Waals surface area contributed by atoms with Crippen LogP contribution in [-0.2, 0) is 14.2 Å². The first-order valence-corrected chi connectivity index (χ1v) is 8.33. The van der Waals surface area contributed by atoms with E-state index in [4.69, 9.17) is 19.9 Å². The molecule has 0 radical (unpaired) electrons. The number of hydrogen-bond donors (Lipinski definition) is 3. The van der Waals surface area contributed by atoms with E-state index in [9.17, 15) is 10.2 Å². The predicted octanol–water partition coefficient (Wildman–Crippen LogP) is -0.429. The van der Waals surface area contributed by atoms with Crippen molar-refractivity contribution in [3.63, 3.8) is 0 Å². The van der Waals surface area contributed by atoms with Crippen molar-refractivity contribution in [3.8, 4) is 0 Å². The van der Waals surface area contributed by atoms with Crippen molar-refractivity contribution < 1.29 is 24.4 Å². The van der Waals surface area contributed by atoms with Gasteiger partial charge in [0.05, 0.1) is 12.9 Å². The lowest BCUT2D eigenvalue weighted by atomic mass is 10.1. The molecule has 4 rings (SSSR count). The number of imidazole rings is 1. The minimum Gasteiger partial charge on any atom is -0.387 e. The summed E-state index contributed by atoms with van der Waals surface area (Å²) in [5, 5.41) is 20.7. The second kappa shape index (κ2) is 6.81. The lowest BCUT2D eigenvalue weighted by Gasteiger charge is -2.24. The molecule has 0 amide bonds. The van der Waals surface area contributed by atoms with Gasteiger partial charge in [0.25, 0.3) is 0 Å². The summed E-state index contributed by atoms with van der Waals surface area (Å²) >= 11 is 0. The predicted molar refractivity (Wildman–Crippen MR) is 85.2 cm³/mol. The lowest BCUT2D eigenvalue weighted by Crippen LogP contribution is -2.35. The smallest absolute Gasteiger partial charge is 0.167 e. The molecule has 25 heavy (non-hydrogen) atoms. The first-order valence-electron chi connectivity index (χ1n) is 8.33. The molecule has 0 bridgehead atoms. The Morgan fingerprint density at radius 3 is 2.92 bits per heavy atom. The van der Waals surface area contributed by atoms with Crippen molar-refractivity contribution in [1.82, 2.24) is 19.5 Å². The van der Waals surface area contributed by atoms with Crippen molar-refractivity contribution in [2.24, 2.45) is 0 Å². The van der Waals surface area contributed by atoms with E-state index in [1.54, 1.807) is 4.57 Å². The first kappa shape index (κ1) is 16.6. The van der Waals surface area contributed by atoms with E-state index in [-0.39, 0.29) is 18.7 Å². The van der Waals surface area contributed by atoms with Crippen LogP contribution in [0.3, 0.4) is 0 Å². The maximum Gasteiger partial charge on any atom is 0.167 e. The van der Waals surface area contributed by atoms with E-state index in [2.05, 4.69) is 15.0 Å². The normalized spacial score (nSPS) is 33.1. The summed E-state index contributed by atoms with van der Waals surface area (Å²) in [6, 6.07) is 0. The third kappa shape index (κ3) is 3.07. The van der Waals surface area contributed by atoms with Gasteiger partial charge in [0, 0.05) is 6.61 Å². The fourth-order valence-electron chi connectivity index (χ4n) is 3.20. The van der Waals surface area contributed by atoms with Crippen LogP contribution in [0.2, 0.25) is 0 Å². The standard InChI is InChI=1S/C15H21N5O5/c16-13-10-14(18-6-17-13)20(7-19-10)15-12(22)11(21)8(25-15)5-24-9-3-1-2-4-23-9/h6-9,11-12,15,21-22H,1-5H2,(H2,16,17,18)/t8-,9?,11-,12-,15-/m1/s1. The number of anilines is 1. The zero-order valence-corrected chi connectivity index (χ0v) is 13.6. The van der Waals surface area contributed by atoms with Crippen molar-refractivity contribution in [3.05, 3.63) is 12.7 Å². The zero-order valence-electron chi connectivity index (χ0n) is 13.6. The fourth-order valence-corrected chi connectivity index (χ4v) is 3.20. The highest BCUT2D eigenvalue weighted by molar-refractivity contribution is 5.81. The number of fused-ring (bicyclic) bond motifs is 1. The van der Waals surface area contributed by atoms with E-state index >= 15 is 0 Å². The van der Waals surface area contributed by atoms with Crippen LogP contribution in [0, 0.1) is 0 Å². The van der Waals surface area contributed by atoms with Crippen molar-refractivity contribution in [2.75, 3.05) is 18.9 Å². The van der Waals surface area contributed by atoms with Crippen LogP contribution in [0.5, 0.6) is 0 Å². The van der Waals surface area contributed by atoms with E-state index in [1.807, 2.05) is 0 Å². The largest absolute Gasteiger partial charge is 0.387 e. The minimum absolute atomic E-state index is 0.128. The lowest BCUT2D eigenvalue weighted by molar-refractivity contribution is -0.185. The Bertz CT molecular complexity index is 734. The number of aliphatic hydroxyl groups excluding tert-OH is 2. The average molecular weight is 351 g/mol. The SMILES string of the molecule is Nc1ncnc2c1ncn2[C@@H]1O[C@H](COC2CCCCO2)[C@@H](O)[C@H]1O. The van der Waals surface area contributed by atoms with Crippen molar-refractivity contribution in [1.29, 1.82) is 0 Å². The molecule has 2 aliphatic heterocycles. The molecule has 2 aliphatic rings. The Hall–Kier alpha value is -1.85. The van der Waals surface area contributed by atoms with Crippen LogP contribution < -0.4 is 5.73 Å². The highest BCUT2D eigenvalue weighted by atomic mass is 16.7. The summed E-state index contributed by atoms with van der Waals surface area (Å²) in [5.74, 6) is 0.242. The van der Waals surface area contributed by atoms with Crippen LogP contribution in [0.15, 0.2) is 12.7 Å². The van der Waals surface area contributed by atoms with Crippen LogP contribution in [0.1, 0.15) is 25.5 Å². The minimum atomic E-state index is -1.14. The number of nitrogens with two attached hydrogens (primary N) is 1. The zero-order chi connectivity index (χ0) is 17.4. The molecule has 0 saturated carbocycles. The van der Waals surface area contributed by atoms with Gasteiger partial charge in [-0.05, 0) is 19.3 Å². The molecule has 136 valence electrons. The summed E-state index contributed by atoms with van der Waals surface area (Å²) in [4.78, 5) is 12.2. The number of nitrogens with zero attached hydrogens (tertiary/aromatic N) is 4. The Labute approximate surface area is 143 Å².